The third-order valence-electron chi connectivity index (χ3n) is 6.32. The van der Waals surface area contributed by atoms with Gasteiger partial charge in [0.2, 0.25) is 0 Å². The molecule has 3 heterocycles. The van der Waals surface area contributed by atoms with Crippen molar-refractivity contribution >= 4 is 22.3 Å². The molecule has 0 atom stereocenters. The second kappa shape index (κ2) is 7.46. The van der Waals surface area contributed by atoms with E-state index < -0.39 is 22.7 Å². The van der Waals surface area contributed by atoms with E-state index in [4.69, 9.17) is 0 Å². The number of fused-ring (bicyclic) bond motifs is 1. The van der Waals surface area contributed by atoms with Crippen molar-refractivity contribution in [1.29, 1.82) is 0 Å². The van der Waals surface area contributed by atoms with Crippen LogP contribution in [0.3, 0.4) is 0 Å². The first-order valence-electron chi connectivity index (χ1n) is 10.6. The van der Waals surface area contributed by atoms with Crippen LogP contribution in [0.4, 0.5) is 24.5 Å². The minimum Gasteiger partial charge on any atom is -0.377 e. The molecule has 5 rings (SSSR count). The van der Waals surface area contributed by atoms with Gasteiger partial charge in [-0.05, 0) is 49.8 Å². The van der Waals surface area contributed by atoms with E-state index in [1.165, 1.54) is 22.9 Å². The average molecular weight is 446 g/mol. The highest BCUT2D eigenvalue weighted by molar-refractivity contribution is 5.77. The molecule has 2 fully saturated rings. The van der Waals surface area contributed by atoms with Crippen LogP contribution < -0.4 is 26.6 Å². The van der Waals surface area contributed by atoms with Crippen molar-refractivity contribution in [3.8, 4) is 0 Å². The molecule has 0 bridgehead atoms. The quantitative estimate of drug-likeness (QED) is 0.607. The molecular weight excluding hydrogens is 425 g/mol. The summed E-state index contributed by atoms with van der Waals surface area (Å²) in [6.45, 7) is 1.64. The summed E-state index contributed by atoms with van der Waals surface area (Å²) in [6.07, 6.45) is 0.405. The molecular formula is C22H21F3N4O3. The first kappa shape index (κ1) is 20.7. The molecule has 0 radical (unpaired) electrons. The van der Waals surface area contributed by atoms with E-state index in [0.29, 0.717) is 31.0 Å². The molecule has 32 heavy (non-hydrogen) atoms. The van der Waals surface area contributed by atoms with E-state index in [2.05, 4.69) is 10.3 Å². The smallest absolute Gasteiger partial charge is 0.377 e. The number of nitrogens with zero attached hydrogens (tertiary/aromatic N) is 3. The number of hydrogen-bond acceptors (Lipinski definition) is 6. The van der Waals surface area contributed by atoms with Gasteiger partial charge in [0.05, 0.1) is 10.9 Å². The summed E-state index contributed by atoms with van der Waals surface area (Å²) in [7, 11) is 0. The normalized spacial score (nSPS) is 17.9. The van der Waals surface area contributed by atoms with Crippen LogP contribution in [0.2, 0.25) is 0 Å². The van der Waals surface area contributed by atoms with Crippen molar-refractivity contribution in [1.82, 2.24) is 9.55 Å². The van der Waals surface area contributed by atoms with E-state index >= 15 is 0 Å². The molecule has 0 amide bonds. The maximum atomic E-state index is 12.9. The molecule has 2 aliphatic rings. The second-order valence-electron chi connectivity index (χ2n) is 8.63. The molecule has 0 unspecified atom stereocenters. The molecule has 1 saturated carbocycles. The van der Waals surface area contributed by atoms with Gasteiger partial charge in [0.15, 0.2) is 0 Å². The van der Waals surface area contributed by atoms with Gasteiger partial charge in [-0.3, -0.25) is 14.4 Å². The van der Waals surface area contributed by atoms with Crippen LogP contribution in [0.25, 0.3) is 10.9 Å². The lowest BCUT2D eigenvalue weighted by molar-refractivity contribution is -0.140. The summed E-state index contributed by atoms with van der Waals surface area (Å²) in [6, 6.07) is 3.72. The SMILES string of the molecule is O=c1c(NC2CC2)c(N2CCC(Cn3ccc4nc(C(F)(F)F)ccc4c3=O)CC2)c1=O. The maximum absolute atomic E-state index is 12.9. The van der Waals surface area contributed by atoms with E-state index in [9.17, 15) is 27.6 Å². The zero-order valence-electron chi connectivity index (χ0n) is 17.1. The van der Waals surface area contributed by atoms with Crippen molar-refractivity contribution in [3.63, 3.8) is 0 Å². The van der Waals surface area contributed by atoms with Gasteiger partial charge >= 0.3 is 6.18 Å². The van der Waals surface area contributed by atoms with Crippen molar-refractivity contribution in [2.75, 3.05) is 23.3 Å². The first-order valence-corrected chi connectivity index (χ1v) is 10.6. The highest BCUT2D eigenvalue weighted by atomic mass is 19.4. The fourth-order valence-corrected chi connectivity index (χ4v) is 4.33. The Bertz CT molecular complexity index is 1310. The van der Waals surface area contributed by atoms with Crippen molar-refractivity contribution in [2.45, 2.75) is 44.4 Å². The van der Waals surface area contributed by atoms with Crippen molar-refractivity contribution in [3.05, 3.63) is 60.9 Å². The summed E-state index contributed by atoms with van der Waals surface area (Å²) in [5.41, 5.74) is -1.34. The number of halogens is 3. The van der Waals surface area contributed by atoms with Crippen molar-refractivity contribution < 1.29 is 13.2 Å². The van der Waals surface area contributed by atoms with Gasteiger partial charge in [-0.15, -0.1) is 0 Å². The molecule has 1 saturated heterocycles. The number of nitrogens with one attached hydrogen (secondary N) is 1. The molecule has 0 spiro atoms. The zero-order valence-corrected chi connectivity index (χ0v) is 17.1. The minimum atomic E-state index is -4.56. The van der Waals surface area contributed by atoms with Crippen LogP contribution in [-0.2, 0) is 12.7 Å². The average Bonchev–Trinajstić information content (AvgIpc) is 3.59. The lowest BCUT2D eigenvalue weighted by Gasteiger charge is -2.35. The number of hydrogen-bond donors (Lipinski definition) is 1. The van der Waals surface area contributed by atoms with Gasteiger partial charge in [-0.1, -0.05) is 0 Å². The van der Waals surface area contributed by atoms with Gasteiger partial charge < -0.3 is 14.8 Å². The predicted octanol–water partition coefficient (Wildman–Crippen LogP) is 2.50. The van der Waals surface area contributed by atoms with Crippen LogP contribution in [-0.4, -0.2) is 28.7 Å². The molecule has 1 aliphatic heterocycles. The standard InChI is InChI=1S/C22H21F3N4O3/c23-22(24,25)16-4-3-14-15(27-16)7-10-29(21(14)32)11-12-5-8-28(9-6-12)18-17(19(30)20(18)31)26-13-1-2-13/h3-4,7,10,12-13,26H,1-2,5-6,8-9,11H2. The van der Waals surface area contributed by atoms with E-state index in [0.717, 1.165) is 31.7 Å². The summed E-state index contributed by atoms with van der Waals surface area (Å²) >= 11 is 0. The monoisotopic (exact) mass is 446 g/mol. The number of pyridine rings is 2. The Hall–Kier alpha value is -3.17. The number of alkyl halides is 3. The van der Waals surface area contributed by atoms with Crippen LogP contribution in [0.15, 0.2) is 38.8 Å². The van der Waals surface area contributed by atoms with Gasteiger partial charge in [0.25, 0.3) is 16.4 Å². The molecule has 3 aromatic rings. The second-order valence-corrected chi connectivity index (χ2v) is 8.63. The number of piperidine rings is 1. The minimum absolute atomic E-state index is 0.0201. The number of anilines is 2. The molecule has 2 aromatic heterocycles. The van der Waals surface area contributed by atoms with Crippen LogP contribution in [0.5, 0.6) is 0 Å². The Morgan fingerprint density at radius 1 is 1.00 bits per heavy atom. The van der Waals surface area contributed by atoms with Gasteiger partial charge in [0, 0.05) is 31.9 Å². The molecule has 1 aromatic carbocycles. The molecule has 1 aliphatic carbocycles. The van der Waals surface area contributed by atoms with Gasteiger partial charge in [-0.2, -0.15) is 13.2 Å². The maximum Gasteiger partial charge on any atom is 0.433 e. The van der Waals surface area contributed by atoms with Crippen LogP contribution >= 0.6 is 0 Å². The summed E-state index contributed by atoms with van der Waals surface area (Å²) in [5, 5.41) is 3.30. The highest BCUT2D eigenvalue weighted by Gasteiger charge is 2.34. The Morgan fingerprint density at radius 3 is 2.38 bits per heavy atom. The predicted molar refractivity (Wildman–Crippen MR) is 114 cm³/mol. The van der Waals surface area contributed by atoms with Crippen LogP contribution in [0.1, 0.15) is 31.4 Å². The Kier molecular flexibility index (Phi) is 4.83. The number of rotatable bonds is 5. The largest absolute Gasteiger partial charge is 0.433 e. The van der Waals surface area contributed by atoms with E-state index in [-0.39, 0.29) is 28.4 Å². The zero-order chi connectivity index (χ0) is 22.6. The van der Waals surface area contributed by atoms with Gasteiger partial charge in [-0.25, -0.2) is 4.98 Å². The first-order chi connectivity index (χ1) is 15.2. The number of aromatic nitrogens is 2. The summed E-state index contributed by atoms with van der Waals surface area (Å²) < 4.78 is 40.1. The topological polar surface area (TPSA) is 84.3 Å². The Morgan fingerprint density at radius 2 is 1.72 bits per heavy atom. The highest BCUT2D eigenvalue weighted by Crippen LogP contribution is 2.31. The lowest BCUT2D eigenvalue weighted by Crippen LogP contribution is -2.46. The van der Waals surface area contributed by atoms with Crippen LogP contribution in [0, 0.1) is 5.92 Å². The lowest BCUT2D eigenvalue weighted by atomic mass is 9.95. The summed E-state index contributed by atoms with van der Waals surface area (Å²) in [4.78, 5) is 42.3. The van der Waals surface area contributed by atoms with Crippen molar-refractivity contribution in [2.24, 2.45) is 5.92 Å². The molecule has 1 N–H and O–H groups in total. The Labute approximate surface area is 180 Å². The summed E-state index contributed by atoms with van der Waals surface area (Å²) in [5.74, 6) is 0.176. The fourth-order valence-electron chi connectivity index (χ4n) is 4.33. The molecule has 7 nitrogen and oxygen atoms in total. The van der Waals surface area contributed by atoms with Gasteiger partial charge in [0.1, 0.15) is 17.1 Å². The third-order valence-corrected chi connectivity index (χ3v) is 6.32. The molecule has 168 valence electrons. The Balaban J connectivity index is 1.28. The fraction of sp³-hybridized carbons (Fsp3) is 0.455. The molecule has 10 heteroatoms. The van der Waals surface area contributed by atoms with E-state index in [1.54, 1.807) is 0 Å². The van der Waals surface area contributed by atoms with E-state index in [1.807, 2.05) is 4.90 Å². The third kappa shape index (κ3) is 3.67.